The van der Waals surface area contributed by atoms with Crippen molar-refractivity contribution in [3.8, 4) is 0 Å². The molecule has 1 aliphatic carbocycles. The molecule has 0 N–H and O–H groups in total. The van der Waals surface area contributed by atoms with Crippen LogP contribution in [0.3, 0.4) is 0 Å². The zero-order chi connectivity index (χ0) is 7.56. The van der Waals surface area contributed by atoms with Crippen molar-refractivity contribution in [2.24, 2.45) is 5.92 Å². The van der Waals surface area contributed by atoms with E-state index in [0.29, 0.717) is 12.2 Å². The lowest BCUT2D eigenvalue weighted by molar-refractivity contribution is 0.367. The van der Waals surface area contributed by atoms with Crippen molar-refractivity contribution in [3.63, 3.8) is 0 Å². The van der Waals surface area contributed by atoms with E-state index in [9.17, 15) is 0 Å². The molecule has 10 heavy (non-hydrogen) atoms. The molecule has 0 radical (unpaired) electrons. The van der Waals surface area contributed by atoms with Crippen LogP contribution in [0.4, 0.5) is 0 Å². The molecule has 3 atom stereocenters. The van der Waals surface area contributed by atoms with Gasteiger partial charge in [-0.3, -0.25) is 0 Å². The molecule has 1 saturated heterocycles. The van der Waals surface area contributed by atoms with Gasteiger partial charge in [-0.2, -0.15) is 0 Å². The summed E-state index contributed by atoms with van der Waals surface area (Å²) < 4.78 is 5.35. The van der Waals surface area contributed by atoms with Crippen molar-refractivity contribution >= 4 is 0 Å². The summed E-state index contributed by atoms with van der Waals surface area (Å²) >= 11 is 0. The van der Waals surface area contributed by atoms with Crippen LogP contribution in [-0.4, -0.2) is 12.2 Å². The van der Waals surface area contributed by atoms with Crippen LogP contribution in [0, 0.1) is 5.92 Å². The Morgan fingerprint density at radius 3 is 2.30 bits per heavy atom. The average Bonchev–Trinajstić information content (AvgIpc) is 2.70. The van der Waals surface area contributed by atoms with Gasteiger partial charge in [0.25, 0.3) is 0 Å². The van der Waals surface area contributed by atoms with E-state index in [4.69, 9.17) is 4.74 Å². The first kappa shape index (κ1) is 8.06. The van der Waals surface area contributed by atoms with Crippen molar-refractivity contribution in [1.82, 2.24) is 0 Å². The standard InChI is InChI=1S/C7H12O.C2H6/c1-5-2-3-6-7(4-5)8-6;1-2/h5-7H,2-4H2,1H3;1-2H3. The third kappa shape index (κ3) is 1.72. The molecule has 0 bridgehead atoms. The SMILES string of the molecule is CC.CC1CCC2OC2C1. The molecule has 1 nitrogen and oxygen atoms in total. The highest BCUT2D eigenvalue weighted by Crippen LogP contribution is 2.38. The molecule has 1 heteroatoms. The smallest absolute Gasteiger partial charge is 0.0844 e. The van der Waals surface area contributed by atoms with Crippen molar-refractivity contribution in [3.05, 3.63) is 0 Å². The van der Waals surface area contributed by atoms with Gasteiger partial charge in [-0.1, -0.05) is 20.8 Å². The van der Waals surface area contributed by atoms with Gasteiger partial charge in [0, 0.05) is 0 Å². The Kier molecular flexibility index (Phi) is 2.72. The van der Waals surface area contributed by atoms with Gasteiger partial charge in [-0.05, 0) is 25.2 Å². The fraction of sp³-hybridized carbons (Fsp3) is 1.00. The summed E-state index contributed by atoms with van der Waals surface area (Å²) in [4.78, 5) is 0. The van der Waals surface area contributed by atoms with E-state index in [1.54, 1.807) is 0 Å². The van der Waals surface area contributed by atoms with E-state index in [-0.39, 0.29) is 0 Å². The summed E-state index contributed by atoms with van der Waals surface area (Å²) in [5, 5.41) is 0. The molecule has 0 spiro atoms. The maximum absolute atomic E-state index is 5.35. The molecular weight excluding hydrogens is 124 g/mol. The van der Waals surface area contributed by atoms with Crippen LogP contribution in [0.5, 0.6) is 0 Å². The van der Waals surface area contributed by atoms with Gasteiger partial charge in [0.15, 0.2) is 0 Å². The van der Waals surface area contributed by atoms with Gasteiger partial charge >= 0.3 is 0 Å². The van der Waals surface area contributed by atoms with E-state index in [2.05, 4.69) is 6.92 Å². The molecule has 60 valence electrons. The molecule has 2 aliphatic rings. The first-order chi connectivity index (χ1) is 4.86. The topological polar surface area (TPSA) is 12.5 Å². The van der Waals surface area contributed by atoms with Gasteiger partial charge in [0.05, 0.1) is 12.2 Å². The fourth-order valence-electron chi connectivity index (χ4n) is 1.60. The average molecular weight is 142 g/mol. The van der Waals surface area contributed by atoms with Crippen molar-refractivity contribution in [2.45, 2.75) is 52.2 Å². The minimum atomic E-state index is 0.679. The summed E-state index contributed by atoms with van der Waals surface area (Å²) in [5.74, 6) is 0.929. The number of hydrogen-bond donors (Lipinski definition) is 0. The summed E-state index contributed by atoms with van der Waals surface area (Å²) in [7, 11) is 0. The first-order valence-electron chi connectivity index (χ1n) is 4.52. The van der Waals surface area contributed by atoms with Crippen LogP contribution in [0.2, 0.25) is 0 Å². The Hall–Kier alpha value is -0.0400. The Balaban J connectivity index is 0.000000231. The molecule has 2 fully saturated rings. The molecule has 1 saturated carbocycles. The Morgan fingerprint density at radius 1 is 1.10 bits per heavy atom. The number of ether oxygens (including phenoxy) is 1. The lowest BCUT2D eigenvalue weighted by Crippen LogP contribution is -2.09. The van der Waals surface area contributed by atoms with E-state index < -0.39 is 0 Å². The monoisotopic (exact) mass is 142 g/mol. The highest BCUT2D eigenvalue weighted by molar-refractivity contribution is 4.90. The Labute approximate surface area is 63.8 Å². The van der Waals surface area contributed by atoms with Gasteiger partial charge in [0.1, 0.15) is 0 Å². The number of rotatable bonds is 0. The minimum Gasteiger partial charge on any atom is -0.370 e. The lowest BCUT2D eigenvalue weighted by Gasteiger charge is -2.11. The number of hydrogen-bond acceptors (Lipinski definition) is 1. The van der Waals surface area contributed by atoms with E-state index >= 15 is 0 Å². The Bertz CT molecular complexity index is 101. The second-order valence-electron chi connectivity index (χ2n) is 3.13. The molecular formula is C9H18O. The van der Waals surface area contributed by atoms with Crippen LogP contribution in [0.1, 0.15) is 40.0 Å². The molecule has 3 unspecified atom stereocenters. The first-order valence-corrected chi connectivity index (χ1v) is 4.52. The molecule has 0 aromatic heterocycles. The zero-order valence-corrected chi connectivity index (χ0v) is 7.26. The number of epoxide rings is 1. The summed E-state index contributed by atoms with van der Waals surface area (Å²) in [5.41, 5.74) is 0. The zero-order valence-electron chi connectivity index (χ0n) is 7.26. The van der Waals surface area contributed by atoms with E-state index in [1.165, 1.54) is 19.3 Å². The van der Waals surface area contributed by atoms with Gasteiger partial charge in [0.2, 0.25) is 0 Å². The van der Waals surface area contributed by atoms with E-state index in [1.807, 2.05) is 13.8 Å². The predicted molar refractivity (Wildman–Crippen MR) is 43.0 cm³/mol. The molecule has 0 aromatic carbocycles. The quantitative estimate of drug-likeness (QED) is 0.474. The second-order valence-corrected chi connectivity index (χ2v) is 3.13. The third-order valence-corrected chi connectivity index (χ3v) is 2.27. The van der Waals surface area contributed by atoms with Gasteiger partial charge < -0.3 is 4.74 Å². The third-order valence-electron chi connectivity index (χ3n) is 2.27. The van der Waals surface area contributed by atoms with Crippen LogP contribution in [0.15, 0.2) is 0 Å². The molecule has 2 rings (SSSR count). The predicted octanol–water partition coefficient (Wildman–Crippen LogP) is 2.60. The largest absolute Gasteiger partial charge is 0.370 e. The second kappa shape index (κ2) is 3.38. The normalized spacial score (nSPS) is 42.9. The molecule has 1 aliphatic heterocycles. The summed E-state index contributed by atoms with van der Waals surface area (Å²) in [6.07, 6.45) is 5.41. The van der Waals surface area contributed by atoms with Gasteiger partial charge in [-0.15, -0.1) is 0 Å². The van der Waals surface area contributed by atoms with Crippen LogP contribution in [-0.2, 0) is 4.74 Å². The minimum absolute atomic E-state index is 0.679. The van der Waals surface area contributed by atoms with Crippen molar-refractivity contribution < 1.29 is 4.74 Å². The van der Waals surface area contributed by atoms with E-state index in [0.717, 1.165) is 5.92 Å². The molecule has 1 heterocycles. The Morgan fingerprint density at radius 2 is 1.80 bits per heavy atom. The summed E-state index contributed by atoms with van der Waals surface area (Å²) in [6.45, 7) is 6.32. The molecule has 0 amide bonds. The highest BCUT2D eigenvalue weighted by Gasteiger charge is 2.42. The fourth-order valence-corrected chi connectivity index (χ4v) is 1.60. The van der Waals surface area contributed by atoms with Crippen molar-refractivity contribution in [2.75, 3.05) is 0 Å². The lowest BCUT2D eigenvalue weighted by atomic mass is 9.91. The highest BCUT2D eigenvalue weighted by atomic mass is 16.6. The van der Waals surface area contributed by atoms with Crippen molar-refractivity contribution in [1.29, 1.82) is 0 Å². The van der Waals surface area contributed by atoms with Crippen LogP contribution < -0.4 is 0 Å². The number of fused-ring (bicyclic) bond motifs is 1. The maximum Gasteiger partial charge on any atom is 0.0844 e. The maximum atomic E-state index is 5.35. The summed E-state index contributed by atoms with van der Waals surface area (Å²) in [6, 6.07) is 0. The van der Waals surface area contributed by atoms with Crippen LogP contribution in [0.25, 0.3) is 0 Å². The van der Waals surface area contributed by atoms with Gasteiger partial charge in [-0.25, -0.2) is 0 Å². The van der Waals surface area contributed by atoms with Crippen LogP contribution >= 0.6 is 0 Å². The molecule has 0 aromatic rings.